The van der Waals surface area contributed by atoms with Crippen molar-refractivity contribution >= 4 is 29.9 Å². The maximum atomic E-state index is 13.2. The summed E-state index contributed by atoms with van der Waals surface area (Å²) < 4.78 is 2.04. The molecule has 0 bridgehead atoms. The number of para-hydroxylation sites is 1. The monoisotopic (exact) mass is 362 g/mol. The van der Waals surface area contributed by atoms with Crippen LogP contribution in [0.2, 0.25) is 0 Å². The van der Waals surface area contributed by atoms with Crippen LogP contribution in [0.25, 0.3) is 16.5 Å². The molecule has 0 saturated carbocycles. The molecule has 134 valence electrons. The summed E-state index contributed by atoms with van der Waals surface area (Å²) in [5.41, 5.74) is 5.54. The summed E-state index contributed by atoms with van der Waals surface area (Å²) in [5, 5.41) is 0.665. The van der Waals surface area contributed by atoms with Crippen LogP contribution in [-0.2, 0) is 6.54 Å². The molecular weight excluding hydrogens is 343 g/mol. The van der Waals surface area contributed by atoms with Crippen molar-refractivity contribution in [2.45, 2.75) is 13.5 Å². The maximum absolute atomic E-state index is 13.2. The lowest BCUT2D eigenvalue weighted by atomic mass is 9.95. The molecule has 0 aliphatic rings. The van der Waals surface area contributed by atoms with E-state index < -0.39 is 0 Å². The van der Waals surface area contributed by atoms with Crippen LogP contribution in [0.5, 0.6) is 0 Å². The Balaban J connectivity index is 1.91. The fourth-order valence-corrected chi connectivity index (χ4v) is 3.51. The molecule has 0 aliphatic heterocycles. The number of hydrogen-bond acceptors (Lipinski definition) is 2. The third kappa shape index (κ3) is 3.29. The van der Waals surface area contributed by atoms with Crippen molar-refractivity contribution in [3.63, 3.8) is 0 Å². The fourth-order valence-electron chi connectivity index (χ4n) is 3.51. The van der Waals surface area contributed by atoms with E-state index in [1.807, 2.05) is 78.4 Å². The van der Waals surface area contributed by atoms with E-state index in [1.165, 1.54) is 0 Å². The molecule has 0 amide bonds. The summed E-state index contributed by atoms with van der Waals surface area (Å²) in [7, 11) is 5.84. The van der Waals surface area contributed by atoms with Gasteiger partial charge >= 0.3 is 0 Å². The molecule has 0 N–H and O–H groups in total. The van der Waals surface area contributed by atoms with Crippen LogP contribution in [0.1, 0.15) is 22.4 Å². The first-order valence-electron chi connectivity index (χ1n) is 9.13. The Morgan fingerprint density at radius 3 is 2.54 bits per heavy atom. The Morgan fingerprint density at radius 1 is 1.00 bits per heavy atom. The Kier molecular flexibility index (Phi) is 4.70. The first-order valence-corrected chi connectivity index (χ1v) is 9.13. The zero-order chi connectivity index (χ0) is 19.7. The lowest BCUT2D eigenvalue weighted by Gasteiger charge is -2.16. The molecule has 4 aromatic rings. The van der Waals surface area contributed by atoms with E-state index in [9.17, 15) is 4.79 Å². The van der Waals surface area contributed by atoms with E-state index in [4.69, 9.17) is 7.85 Å². The highest BCUT2D eigenvalue weighted by molar-refractivity contribution is 6.30. The molecule has 2 aromatic carbocycles. The average Bonchev–Trinajstić information content (AvgIpc) is 2.70. The zero-order valence-corrected chi connectivity index (χ0v) is 15.7. The van der Waals surface area contributed by atoms with Crippen molar-refractivity contribution < 1.29 is 0 Å². The van der Waals surface area contributed by atoms with Crippen LogP contribution in [0.15, 0.2) is 84.3 Å². The molecule has 0 atom stereocenters. The van der Waals surface area contributed by atoms with Crippen molar-refractivity contribution in [3.8, 4) is 0 Å². The van der Waals surface area contributed by atoms with Crippen LogP contribution < -0.4 is 11.0 Å². The van der Waals surface area contributed by atoms with Gasteiger partial charge in [-0.3, -0.25) is 9.78 Å². The quantitative estimate of drug-likeness (QED) is 0.520. The third-order valence-corrected chi connectivity index (χ3v) is 4.94. The van der Waals surface area contributed by atoms with E-state index in [2.05, 4.69) is 11.6 Å². The van der Waals surface area contributed by atoms with Crippen molar-refractivity contribution in [1.29, 1.82) is 0 Å². The number of hydrogen-bond donors (Lipinski definition) is 0. The van der Waals surface area contributed by atoms with Gasteiger partial charge in [-0.2, -0.15) is 0 Å². The van der Waals surface area contributed by atoms with Crippen molar-refractivity contribution in [2.24, 2.45) is 0 Å². The largest absolute Gasteiger partial charge is 0.341 e. The summed E-state index contributed by atoms with van der Waals surface area (Å²) >= 11 is 0. The number of pyridine rings is 2. The van der Waals surface area contributed by atoms with Crippen molar-refractivity contribution in [2.75, 3.05) is 0 Å². The maximum Gasteiger partial charge on any atom is 0.197 e. The van der Waals surface area contributed by atoms with Gasteiger partial charge in [0.15, 0.2) is 5.43 Å². The smallest absolute Gasteiger partial charge is 0.197 e. The second kappa shape index (κ2) is 7.32. The van der Waals surface area contributed by atoms with Gasteiger partial charge in [0.05, 0.1) is 17.8 Å². The van der Waals surface area contributed by atoms with Gasteiger partial charge in [-0.05, 0) is 47.4 Å². The van der Waals surface area contributed by atoms with Crippen LogP contribution in [0, 0.1) is 6.92 Å². The minimum Gasteiger partial charge on any atom is -0.341 e. The van der Waals surface area contributed by atoms with Crippen LogP contribution >= 0.6 is 0 Å². The average molecular weight is 362 g/mol. The third-order valence-electron chi connectivity index (χ3n) is 4.94. The summed E-state index contributed by atoms with van der Waals surface area (Å²) in [6.07, 6.45) is 1.88. The minimum atomic E-state index is -0.0133. The van der Waals surface area contributed by atoms with Crippen LogP contribution in [0.3, 0.4) is 0 Å². The van der Waals surface area contributed by atoms with E-state index in [0.717, 1.165) is 27.9 Å². The molecule has 4 heteroatoms. The fraction of sp³-hybridized carbons (Fsp3) is 0.0833. The lowest BCUT2D eigenvalue weighted by molar-refractivity contribution is 0.799. The number of nitrogens with zero attached hydrogens (tertiary/aromatic N) is 2. The molecule has 2 heterocycles. The van der Waals surface area contributed by atoms with Gasteiger partial charge in [-0.25, -0.2) is 0 Å². The van der Waals surface area contributed by atoms with Gasteiger partial charge in [-0.1, -0.05) is 55.1 Å². The number of aryl methyl sites for hydroxylation is 1. The number of benzene rings is 2. The zero-order valence-electron chi connectivity index (χ0n) is 15.7. The Hall–Kier alpha value is -3.40. The summed E-state index contributed by atoms with van der Waals surface area (Å²) in [6, 6.07) is 21.2. The van der Waals surface area contributed by atoms with Gasteiger partial charge in [0.25, 0.3) is 0 Å². The molecule has 28 heavy (non-hydrogen) atoms. The first kappa shape index (κ1) is 18.0. The second-order valence-electron chi connectivity index (χ2n) is 6.86. The van der Waals surface area contributed by atoms with Gasteiger partial charge in [0.2, 0.25) is 0 Å². The SMILES string of the molecule is [B]c1cccc(Cn2cc(C(=C)c3ccccc3C)c(=O)c3ccccc32)n1. The molecule has 2 aromatic heterocycles. The first-order chi connectivity index (χ1) is 13.5. The van der Waals surface area contributed by atoms with Crippen LogP contribution in [0.4, 0.5) is 0 Å². The molecular formula is C24H19BN2O. The topological polar surface area (TPSA) is 34.9 Å². The molecule has 4 rings (SSSR count). The van der Waals surface area contributed by atoms with Gasteiger partial charge in [0.1, 0.15) is 7.85 Å². The summed E-state index contributed by atoms with van der Waals surface area (Å²) in [4.78, 5) is 17.6. The number of fused-ring (bicyclic) bond motifs is 1. The van der Waals surface area contributed by atoms with Gasteiger partial charge < -0.3 is 4.57 Å². The molecule has 0 spiro atoms. The molecule has 3 nitrogen and oxygen atoms in total. The highest BCUT2D eigenvalue weighted by atomic mass is 16.1. The van der Waals surface area contributed by atoms with E-state index in [-0.39, 0.29) is 5.43 Å². The Labute approximate surface area is 165 Å². The minimum absolute atomic E-state index is 0.0133. The predicted molar refractivity (Wildman–Crippen MR) is 116 cm³/mol. The van der Waals surface area contributed by atoms with E-state index in [0.29, 0.717) is 23.1 Å². The molecule has 0 saturated heterocycles. The second-order valence-corrected chi connectivity index (χ2v) is 6.86. The number of rotatable bonds is 4. The highest BCUT2D eigenvalue weighted by Crippen LogP contribution is 2.24. The lowest BCUT2D eigenvalue weighted by Crippen LogP contribution is -2.17. The van der Waals surface area contributed by atoms with Gasteiger partial charge in [0, 0.05) is 17.1 Å². The van der Waals surface area contributed by atoms with Gasteiger partial charge in [-0.15, -0.1) is 0 Å². The summed E-state index contributed by atoms with van der Waals surface area (Å²) in [5.74, 6) is 0. The standard InChI is InChI=1S/C24H19BN2O/c1-16-8-3-4-10-19(16)17(2)21-15-27(14-18-9-7-13-23(25)26-18)22-12-6-5-11-20(22)24(21)28/h3-13,15H,2,14H2,1H3. The van der Waals surface area contributed by atoms with Crippen LogP contribution in [-0.4, -0.2) is 17.4 Å². The molecule has 2 radical (unpaired) electrons. The molecule has 0 unspecified atom stereocenters. The molecule has 0 fully saturated rings. The van der Waals surface area contributed by atoms with Crippen molar-refractivity contribution in [3.05, 3.63) is 112 Å². The molecule has 0 aliphatic carbocycles. The Morgan fingerprint density at radius 2 is 1.75 bits per heavy atom. The highest BCUT2D eigenvalue weighted by Gasteiger charge is 2.14. The predicted octanol–water partition coefficient (Wildman–Crippen LogP) is 3.61. The van der Waals surface area contributed by atoms with E-state index in [1.54, 1.807) is 6.07 Å². The number of aromatic nitrogens is 2. The summed E-state index contributed by atoms with van der Waals surface area (Å²) in [6.45, 7) is 6.78. The Bertz CT molecular complexity index is 1260. The van der Waals surface area contributed by atoms with Crippen molar-refractivity contribution in [1.82, 2.24) is 9.55 Å². The van der Waals surface area contributed by atoms with E-state index >= 15 is 0 Å². The normalized spacial score (nSPS) is 10.9.